The highest BCUT2D eigenvalue weighted by molar-refractivity contribution is 5.99. The molecule has 2 aromatic heterocycles. The summed E-state index contributed by atoms with van der Waals surface area (Å²) in [5.41, 5.74) is 2.73. The summed E-state index contributed by atoms with van der Waals surface area (Å²) in [4.78, 5) is 26.1. The Kier molecular flexibility index (Phi) is 4.37. The Labute approximate surface area is 155 Å². The second-order valence-corrected chi connectivity index (χ2v) is 6.23. The third-order valence-corrected chi connectivity index (χ3v) is 4.37. The number of amides is 3. The number of urea groups is 1. The molecular formula is C19H18N4O4. The predicted octanol–water partition coefficient (Wildman–Crippen LogP) is 2.70. The number of aromatic nitrogens is 1. The average Bonchev–Trinajstić information content (AvgIpc) is 3.41. The maximum atomic E-state index is 12.5. The van der Waals surface area contributed by atoms with Gasteiger partial charge in [0.15, 0.2) is 5.76 Å². The van der Waals surface area contributed by atoms with Gasteiger partial charge in [-0.2, -0.15) is 0 Å². The van der Waals surface area contributed by atoms with Gasteiger partial charge in [-0.3, -0.25) is 9.69 Å². The third-order valence-electron chi connectivity index (χ3n) is 4.37. The number of furan rings is 1. The number of benzene rings is 1. The normalized spacial score (nSPS) is 13.7. The van der Waals surface area contributed by atoms with E-state index < -0.39 is 0 Å². The van der Waals surface area contributed by atoms with Gasteiger partial charge in [0.2, 0.25) is 5.76 Å². The van der Waals surface area contributed by atoms with Gasteiger partial charge in [0.25, 0.3) is 5.91 Å². The van der Waals surface area contributed by atoms with E-state index in [4.69, 9.17) is 8.94 Å². The van der Waals surface area contributed by atoms with Gasteiger partial charge in [-0.15, -0.1) is 0 Å². The van der Waals surface area contributed by atoms with Crippen LogP contribution in [0.2, 0.25) is 0 Å². The van der Waals surface area contributed by atoms with Crippen molar-refractivity contribution in [1.29, 1.82) is 0 Å². The number of aryl methyl sites for hydroxylation is 1. The summed E-state index contributed by atoms with van der Waals surface area (Å²) >= 11 is 0. The van der Waals surface area contributed by atoms with Crippen LogP contribution in [0.15, 0.2) is 51.6 Å². The number of hydrogen-bond donors (Lipinski definition) is 2. The molecule has 138 valence electrons. The molecule has 8 nitrogen and oxygen atoms in total. The van der Waals surface area contributed by atoms with Crippen molar-refractivity contribution in [3.05, 3.63) is 59.5 Å². The van der Waals surface area contributed by atoms with Gasteiger partial charge in [-0.05, 0) is 36.8 Å². The fourth-order valence-electron chi connectivity index (χ4n) is 2.95. The molecule has 0 spiro atoms. The van der Waals surface area contributed by atoms with Crippen molar-refractivity contribution in [2.45, 2.75) is 13.5 Å². The Morgan fingerprint density at radius 3 is 2.93 bits per heavy atom. The lowest BCUT2D eigenvalue weighted by atomic mass is 10.1. The monoisotopic (exact) mass is 366 g/mol. The molecule has 1 aliphatic heterocycles. The van der Waals surface area contributed by atoms with Gasteiger partial charge in [0.1, 0.15) is 5.69 Å². The number of rotatable bonds is 5. The highest BCUT2D eigenvalue weighted by Crippen LogP contribution is 2.24. The minimum Gasteiger partial charge on any atom is -0.461 e. The molecule has 0 saturated carbocycles. The zero-order valence-corrected chi connectivity index (χ0v) is 14.7. The quantitative estimate of drug-likeness (QED) is 0.723. The van der Waals surface area contributed by atoms with E-state index in [0.29, 0.717) is 35.9 Å². The molecule has 2 N–H and O–H groups in total. The van der Waals surface area contributed by atoms with Crippen molar-refractivity contribution in [3.63, 3.8) is 0 Å². The van der Waals surface area contributed by atoms with Gasteiger partial charge in [-0.1, -0.05) is 11.2 Å². The first-order valence-corrected chi connectivity index (χ1v) is 8.55. The lowest BCUT2D eigenvalue weighted by Crippen LogP contribution is -2.29. The molecule has 1 aliphatic rings. The second-order valence-electron chi connectivity index (χ2n) is 6.23. The molecule has 0 aliphatic carbocycles. The first kappa shape index (κ1) is 16.9. The molecule has 0 radical (unpaired) electrons. The molecule has 27 heavy (non-hydrogen) atoms. The fraction of sp³-hybridized carbons (Fsp3) is 0.211. The van der Waals surface area contributed by atoms with E-state index in [1.807, 2.05) is 13.0 Å². The Balaban J connectivity index is 1.45. The molecule has 1 aromatic carbocycles. The zero-order chi connectivity index (χ0) is 18.8. The van der Waals surface area contributed by atoms with Gasteiger partial charge < -0.3 is 19.6 Å². The minimum atomic E-state index is -0.251. The predicted molar refractivity (Wildman–Crippen MR) is 97.3 cm³/mol. The Bertz CT molecular complexity index is 978. The number of nitrogens with one attached hydrogen (secondary N) is 2. The smallest absolute Gasteiger partial charge is 0.322 e. The average molecular weight is 366 g/mol. The van der Waals surface area contributed by atoms with Crippen LogP contribution in [0.25, 0.3) is 11.5 Å². The maximum Gasteiger partial charge on any atom is 0.322 e. The van der Waals surface area contributed by atoms with Crippen LogP contribution in [0, 0.1) is 6.92 Å². The van der Waals surface area contributed by atoms with Gasteiger partial charge in [-0.25, -0.2) is 4.79 Å². The summed E-state index contributed by atoms with van der Waals surface area (Å²) in [5, 5.41) is 9.51. The molecule has 1 saturated heterocycles. The molecule has 3 heterocycles. The van der Waals surface area contributed by atoms with Gasteiger partial charge >= 0.3 is 6.03 Å². The van der Waals surface area contributed by atoms with E-state index in [0.717, 1.165) is 11.3 Å². The first-order chi connectivity index (χ1) is 13.1. The summed E-state index contributed by atoms with van der Waals surface area (Å²) in [6.07, 6.45) is 1.55. The van der Waals surface area contributed by atoms with E-state index in [-0.39, 0.29) is 18.5 Å². The van der Waals surface area contributed by atoms with Crippen molar-refractivity contribution in [3.8, 4) is 11.5 Å². The molecular weight excluding hydrogens is 348 g/mol. The van der Waals surface area contributed by atoms with Gasteiger partial charge in [0.05, 0.1) is 12.8 Å². The van der Waals surface area contributed by atoms with E-state index in [1.165, 1.54) is 0 Å². The van der Waals surface area contributed by atoms with Crippen LogP contribution in [0.1, 0.15) is 21.6 Å². The topological polar surface area (TPSA) is 101 Å². The number of carbonyl (C=O) groups is 2. The van der Waals surface area contributed by atoms with E-state index in [2.05, 4.69) is 15.8 Å². The van der Waals surface area contributed by atoms with Gasteiger partial charge in [0, 0.05) is 30.4 Å². The Hall–Kier alpha value is -3.55. The molecule has 0 atom stereocenters. The Morgan fingerprint density at radius 2 is 2.19 bits per heavy atom. The summed E-state index contributed by atoms with van der Waals surface area (Å²) < 4.78 is 10.5. The number of carbonyl (C=O) groups excluding carboxylic acids is 2. The second kappa shape index (κ2) is 6.99. The van der Waals surface area contributed by atoms with Crippen LogP contribution in [0.3, 0.4) is 0 Å². The molecule has 0 bridgehead atoms. The van der Waals surface area contributed by atoms with E-state index in [9.17, 15) is 9.59 Å². The van der Waals surface area contributed by atoms with Crippen LogP contribution >= 0.6 is 0 Å². The van der Waals surface area contributed by atoms with Crippen molar-refractivity contribution in [1.82, 2.24) is 15.8 Å². The highest BCUT2D eigenvalue weighted by Gasteiger charge is 2.23. The van der Waals surface area contributed by atoms with Crippen LogP contribution in [-0.4, -0.2) is 30.2 Å². The molecule has 4 rings (SSSR count). The zero-order valence-electron chi connectivity index (χ0n) is 14.7. The van der Waals surface area contributed by atoms with Crippen LogP contribution in [0.5, 0.6) is 0 Å². The lowest BCUT2D eigenvalue weighted by Gasteiger charge is -2.18. The molecule has 0 unspecified atom stereocenters. The first-order valence-electron chi connectivity index (χ1n) is 8.55. The highest BCUT2D eigenvalue weighted by atomic mass is 16.5. The van der Waals surface area contributed by atoms with Crippen molar-refractivity contribution in [2.24, 2.45) is 0 Å². The summed E-state index contributed by atoms with van der Waals surface area (Å²) in [5.74, 6) is 0.826. The molecule has 1 fully saturated rings. The minimum absolute atomic E-state index is 0.149. The van der Waals surface area contributed by atoms with Crippen molar-refractivity contribution < 1.29 is 18.5 Å². The summed E-state index contributed by atoms with van der Waals surface area (Å²) in [7, 11) is 0. The Morgan fingerprint density at radius 1 is 1.30 bits per heavy atom. The van der Waals surface area contributed by atoms with Crippen LogP contribution in [-0.2, 0) is 6.54 Å². The van der Waals surface area contributed by atoms with Crippen molar-refractivity contribution >= 4 is 17.6 Å². The molecule has 3 aromatic rings. The standard InChI is InChI=1S/C19H18N4O4/c1-12-4-5-13(9-15(12)23-7-6-20-19(23)25)18(24)21-11-14-10-17(27-22-14)16-3-2-8-26-16/h2-5,8-10H,6-7,11H2,1H3,(H,20,25)(H,21,24). The largest absolute Gasteiger partial charge is 0.461 e. The maximum absolute atomic E-state index is 12.5. The number of nitrogens with zero attached hydrogens (tertiary/aromatic N) is 2. The van der Waals surface area contributed by atoms with Crippen LogP contribution < -0.4 is 15.5 Å². The SMILES string of the molecule is Cc1ccc(C(=O)NCc2cc(-c3ccco3)on2)cc1N1CCNC1=O. The number of hydrogen-bond acceptors (Lipinski definition) is 5. The summed E-state index contributed by atoms with van der Waals surface area (Å²) in [6.45, 7) is 3.31. The third kappa shape index (κ3) is 3.41. The number of anilines is 1. The fourth-order valence-corrected chi connectivity index (χ4v) is 2.95. The summed E-state index contributed by atoms with van der Waals surface area (Å²) in [6, 6.07) is 10.4. The molecule has 8 heteroatoms. The lowest BCUT2D eigenvalue weighted by molar-refractivity contribution is 0.0950. The molecule has 3 amide bonds. The van der Waals surface area contributed by atoms with E-state index in [1.54, 1.807) is 41.5 Å². The van der Waals surface area contributed by atoms with Crippen LogP contribution in [0.4, 0.5) is 10.5 Å². The van der Waals surface area contributed by atoms with E-state index >= 15 is 0 Å². The van der Waals surface area contributed by atoms with Crippen molar-refractivity contribution in [2.75, 3.05) is 18.0 Å².